The quantitative estimate of drug-likeness (QED) is 0.689. The standard InChI is InChI=1S/C24H23N3O2/c1-24(2)20-15-18(11-12-21(20)27-23(24)29)26-22(28)19(16-8-4-3-5-9-16)14-17-10-6-7-13-25-17/h3-13,15,19H,14H2,1-2H3,(H,26,28)(H,27,29). The molecule has 0 aliphatic carbocycles. The Morgan fingerprint density at radius 3 is 2.55 bits per heavy atom. The molecular weight excluding hydrogens is 362 g/mol. The minimum atomic E-state index is -0.622. The van der Waals surface area contributed by atoms with Crippen LogP contribution in [-0.2, 0) is 21.4 Å². The number of hydrogen-bond acceptors (Lipinski definition) is 3. The maximum atomic E-state index is 13.2. The normalized spacial score (nSPS) is 15.3. The number of rotatable bonds is 5. The van der Waals surface area contributed by atoms with E-state index < -0.39 is 5.41 Å². The third-order valence-corrected chi connectivity index (χ3v) is 5.43. The van der Waals surface area contributed by atoms with Gasteiger partial charge in [0.2, 0.25) is 11.8 Å². The van der Waals surface area contributed by atoms with Crippen molar-refractivity contribution in [3.05, 3.63) is 89.7 Å². The molecule has 1 unspecified atom stereocenters. The van der Waals surface area contributed by atoms with Crippen molar-refractivity contribution in [2.75, 3.05) is 10.6 Å². The van der Waals surface area contributed by atoms with Crippen LogP contribution in [0.3, 0.4) is 0 Å². The second-order valence-corrected chi connectivity index (χ2v) is 7.82. The molecule has 4 rings (SSSR count). The van der Waals surface area contributed by atoms with E-state index in [1.54, 1.807) is 6.20 Å². The molecule has 0 spiro atoms. The molecule has 0 saturated carbocycles. The summed E-state index contributed by atoms with van der Waals surface area (Å²) in [4.78, 5) is 29.8. The Morgan fingerprint density at radius 2 is 1.83 bits per heavy atom. The summed E-state index contributed by atoms with van der Waals surface area (Å²) in [6.45, 7) is 3.77. The highest BCUT2D eigenvalue weighted by Crippen LogP contribution is 2.38. The zero-order valence-electron chi connectivity index (χ0n) is 16.5. The van der Waals surface area contributed by atoms with Gasteiger partial charge in [0.05, 0.1) is 11.3 Å². The number of pyridine rings is 1. The van der Waals surface area contributed by atoms with Crippen LogP contribution < -0.4 is 10.6 Å². The van der Waals surface area contributed by atoms with Crippen molar-refractivity contribution in [1.29, 1.82) is 0 Å². The summed E-state index contributed by atoms with van der Waals surface area (Å²) in [7, 11) is 0. The van der Waals surface area contributed by atoms with E-state index in [4.69, 9.17) is 0 Å². The second kappa shape index (κ2) is 7.51. The highest BCUT2D eigenvalue weighted by Gasteiger charge is 2.38. The average Bonchev–Trinajstić information content (AvgIpc) is 2.96. The SMILES string of the molecule is CC1(C)C(=O)Nc2ccc(NC(=O)C(Cc3ccccn3)c3ccccc3)cc21. The van der Waals surface area contributed by atoms with Crippen LogP contribution in [0.25, 0.3) is 0 Å². The number of aromatic nitrogens is 1. The number of carbonyl (C=O) groups is 2. The molecule has 0 fully saturated rings. The Hall–Kier alpha value is -3.47. The summed E-state index contributed by atoms with van der Waals surface area (Å²) >= 11 is 0. The van der Waals surface area contributed by atoms with E-state index in [0.29, 0.717) is 12.1 Å². The van der Waals surface area contributed by atoms with E-state index >= 15 is 0 Å². The zero-order chi connectivity index (χ0) is 20.4. The third kappa shape index (κ3) is 3.76. The van der Waals surface area contributed by atoms with Gasteiger partial charge in [-0.2, -0.15) is 0 Å². The monoisotopic (exact) mass is 385 g/mol. The molecule has 2 amide bonds. The molecule has 2 heterocycles. The van der Waals surface area contributed by atoms with Gasteiger partial charge in [-0.15, -0.1) is 0 Å². The van der Waals surface area contributed by atoms with Gasteiger partial charge in [0.15, 0.2) is 0 Å². The lowest BCUT2D eigenvalue weighted by atomic mass is 9.86. The van der Waals surface area contributed by atoms with Crippen LogP contribution in [0, 0.1) is 0 Å². The zero-order valence-corrected chi connectivity index (χ0v) is 16.5. The van der Waals surface area contributed by atoms with E-state index in [-0.39, 0.29) is 17.7 Å². The van der Waals surface area contributed by atoms with Crippen molar-refractivity contribution in [3.63, 3.8) is 0 Å². The Labute approximate surface area is 170 Å². The molecular formula is C24H23N3O2. The first-order valence-electron chi connectivity index (χ1n) is 9.67. The van der Waals surface area contributed by atoms with Gasteiger partial charge in [0.1, 0.15) is 0 Å². The lowest BCUT2D eigenvalue weighted by Crippen LogP contribution is -2.27. The molecule has 1 aliphatic heterocycles. The predicted molar refractivity (Wildman–Crippen MR) is 114 cm³/mol. The molecule has 146 valence electrons. The molecule has 0 saturated heterocycles. The van der Waals surface area contributed by atoms with Crippen molar-refractivity contribution in [1.82, 2.24) is 4.98 Å². The maximum Gasteiger partial charge on any atom is 0.234 e. The molecule has 1 aromatic heterocycles. The largest absolute Gasteiger partial charge is 0.326 e. The number of anilines is 2. The Balaban J connectivity index is 1.61. The van der Waals surface area contributed by atoms with Crippen LogP contribution in [0.1, 0.15) is 36.6 Å². The molecule has 0 bridgehead atoms. The predicted octanol–water partition coefficient (Wildman–Crippen LogP) is 4.28. The third-order valence-electron chi connectivity index (χ3n) is 5.43. The van der Waals surface area contributed by atoms with Crippen molar-refractivity contribution < 1.29 is 9.59 Å². The van der Waals surface area contributed by atoms with Gasteiger partial charge in [-0.25, -0.2) is 0 Å². The minimum Gasteiger partial charge on any atom is -0.326 e. The average molecular weight is 385 g/mol. The molecule has 5 heteroatoms. The van der Waals surface area contributed by atoms with E-state index in [9.17, 15) is 9.59 Å². The van der Waals surface area contributed by atoms with Gasteiger partial charge in [-0.1, -0.05) is 36.4 Å². The van der Waals surface area contributed by atoms with Crippen LogP contribution in [-0.4, -0.2) is 16.8 Å². The Morgan fingerprint density at radius 1 is 1.07 bits per heavy atom. The van der Waals surface area contributed by atoms with Crippen molar-refractivity contribution >= 4 is 23.2 Å². The number of nitrogens with one attached hydrogen (secondary N) is 2. The fourth-order valence-corrected chi connectivity index (χ4v) is 3.65. The summed E-state index contributed by atoms with van der Waals surface area (Å²) in [5, 5.41) is 5.93. The molecule has 2 aromatic carbocycles. The molecule has 5 nitrogen and oxygen atoms in total. The topological polar surface area (TPSA) is 71.1 Å². The Bertz CT molecular complexity index is 1050. The van der Waals surface area contributed by atoms with Crippen LogP contribution in [0.15, 0.2) is 72.9 Å². The fourth-order valence-electron chi connectivity index (χ4n) is 3.65. The van der Waals surface area contributed by atoms with Crippen molar-refractivity contribution in [3.8, 4) is 0 Å². The van der Waals surface area contributed by atoms with Crippen LogP contribution in [0.4, 0.5) is 11.4 Å². The van der Waals surface area contributed by atoms with Gasteiger partial charge in [0.25, 0.3) is 0 Å². The van der Waals surface area contributed by atoms with Crippen LogP contribution in [0.2, 0.25) is 0 Å². The van der Waals surface area contributed by atoms with Gasteiger partial charge in [0, 0.05) is 29.7 Å². The summed E-state index contributed by atoms with van der Waals surface area (Å²) in [6.07, 6.45) is 2.25. The van der Waals surface area contributed by atoms with E-state index in [2.05, 4.69) is 15.6 Å². The van der Waals surface area contributed by atoms with Crippen molar-refractivity contribution in [2.45, 2.75) is 31.6 Å². The van der Waals surface area contributed by atoms with Gasteiger partial charge >= 0.3 is 0 Å². The summed E-state index contributed by atoms with van der Waals surface area (Å²) in [6, 6.07) is 21.0. The number of nitrogens with zero attached hydrogens (tertiary/aromatic N) is 1. The Kier molecular flexibility index (Phi) is 4.89. The van der Waals surface area contributed by atoms with Gasteiger partial charge < -0.3 is 10.6 Å². The number of amides is 2. The van der Waals surface area contributed by atoms with Crippen molar-refractivity contribution in [2.24, 2.45) is 0 Å². The van der Waals surface area contributed by atoms with E-state index in [1.807, 2.05) is 80.6 Å². The van der Waals surface area contributed by atoms with Crippen LogP contribution >= 0.6 is 0 Å². The number of fused-ring (bicyclic) bond motifs is 1. The smallest absolute Gasteiger partial charge is 0.234 e. The number of benzene rings is 2. The highest BCUT2D eigenvalue weighted by atomic mass is 16.2. The highest BCUT2D eigenvalue weighted by molar-refractivity contribution is 6.06. The molecule has 0 radical (unpaired) electrons. The van der Waals surface area contributed by atoms with E-state index in [0.717, 1.165) is 22.5 Å². The second-order valence-electron chi connectivity index (χ2n) is 7.82. The summed E-state index contributed by atoms with van der Waals surface area (Å²) in [5.74, 6) is -0.502. The lowest BCUT2D eigenvalue weighted by molar-refractivity contribution is -0.119. The molecule has 2 N–H and O–H groups in total. The van der Waals surface area contributed by atoms with Crippen LogP contribution in [0.5, 0.6) is 0 Å². The first-order chi connectivity index (χ1) is 13.9. The molecule has 29 heavy (non-hydrogen) atoms. The van der Waals surface area contributed by atoms with E-state index in [1.165, 1.54) is 0 Å². The molecule has 1 atom stereocenters. The summed E-state index contributed by atoms with van der Waals surface area (Å²) in [5.41, 5.74) is 3.55. The summed E-state index contributed by atoms with van der Waals surface area (Å²) < 4.78 is 0. The lowest BCUT2D eigenvalue weighted by Gasteiger charge is -2.19. The first kappa shape index (κ1) is 18.9. The fraction of sp³-hybridized carbons (Fsp3) is 0.208. The number of carbonyl (C=O) groups excluding carboxylic acids is 2. The van der Waals surface area contributed by atoms with Gasteiger partial charge in [-0.3, -0.25) is 14.6 Å². The minimum absolute atomic E-state index is 0.0340. The van der Waals surface area contributed by atoms with Gasteiger partial charge in [-0.05, 0) is 55.3 Å². The molecule has 1 aliphatic rings. The maximum absolute atomic E-state index is 13.2. The first-order valence-corrected chi connectivity index (χ1v) is 9.67. The number of hydrogen-bond donors (Lipinski definition) is 2. The molecule has 3 aromatic rings.